The van der Waals surface area contributed by atoms with Gasteiger partial charge in [-0.1, -0.05) is 25.1 Å². The van der Waals surface area contributed by atoms with E-state index in [1.165, 1.54) is 0 Å². The standard InChI is InChI=1S/C22H22N4O2/c1-15-11-20(15)22(28)25-19-8-3-6-17(13-19)21(27)24-18-7-2-5-16(12-18)14-26-10-4-9-23-26/h2-10,12-13,15,20H,11,14H2,1H3,(H,24,27)(H,25,28). The zero-order valence-corrected chi connectivity index (χ0v) is 15.6. The molecule has 0 radical (unpaired) electrons. The van der Waals surface area contributed by atoms with E-state index in [4.69, 9.17) is 0 Å². The maximum atomic E-state index is 12.6. The first-order chi connectivity index (χ1) is 13.6. The number of anilines is 2. The average molecular weight is 374 g/mol. The van der Waals surface area contributed by atoms with Gasteiger partial charge in [0.2, 0.25) is 5.91 Å². The van der Waals surface area contributed by atoms with Crippen LogP contribution in [-0.4, -0.2) is 21.6 Å². The summed E-state index contributed by atoms with van der Waals surface area (Å²) in [6, 6.07) is 16.6. The van der Waals surface area contributed by atoms with Crippen molar-refractivity contribution in [3.8, 4) is 0 Å². The van der Waals surface area contributed by atoms with Crippen LogP contribution in [0.3, 0.4) is 0 Å². The number of hydrogen-bond donors (Lipinski definition) is 2. The van der Waals surface area contributed by atoms with E-state index in [0.717, 1.165) is 17.7 Å². The average Bonchev–Trinajstić information content (AvgIpc) is 3.20. The Morgan fingerprint density at radius 1 is 1.07 bits per heavy atom. The van der Waals surface area contributed by atoms with E-state index in [1.807, 2.05) is 41.2 Å². The zero-order valence-electron chi connectivity index (χ0n) is 15.6. The first-order valence-electron chi connectivity index (χ1n) is 9.37. The molecule has 1 aliphatic carbocycles. The lowest BCUT2D eigenvalue weighted by Gasteiger charge is -2.10. The SMILES string of the molecule is CC1CC1C(=O)Nc1cccc(C(=O)Nc2cccc(Cn3cccn3)c2)c1. The van der Waals surface area contributed by atoms with E-state index in [-0.39, 0.29) is 17.7 Å². The van der Waals surface area contributed by atoms with Crippen LogP contribution in [0.15, 0.2) is 67.0 Å². The molecule has 6 nitrogen and oxygen atoms in total. The third-order valence-corrected chi connectivity index (χ3v) is 4.93. The molecule has 1 fully saturated rings. The number of carbonyl (C=O) groups excluding carboxylic acids is 2. The molecule has 1 heterocycles. The lowest BCUT2D eigenvalue weighted by molar-refractivity contribution is -0.117. The van der Waals surface area contributed by atoms with Crippen molar-refractivity contribution in [3.63, 3.8) is 0 Å². The topological polar surface area (TPSA) is 76.0 Å². The molecule has 2 unspecified atom stereocenters. The minimum Gasteiger partial charge on any atom is -0.326 e. The van der Waals surface area contributed by atoms with E-state index < -0.39 is 0 Å². The Balaban J connectivity index is 1.42. The predicted molar refractivity (Wildman–Crippen MR) is 108 cm³/mol. The Hall–Kier alpha value is -3.41. The molecule has 28 heavy (non-hydrogen) atoms. The van der Waals surface area contributed by atoms with Crippen molar-refractivity contribution in [1.82, 2.24) is 9.78 Å². The van der Waals surface area contributed by atoms with Crippen LogP contribution in [0.2, 0.25) is 0 Å². The predicted octanol–water partition coefficient (Wildman–Crippen LogP) is 3.78. The van der Waals surface area contributed by atoms with Crippen LogP contribution in [0.4, 0.5) is 11.4 Å². The lowest BCUT2D eigenvalue weighted by atomic mass is 10.1. The molecule has 142 valence electrons. The summed E-state index contributed by atoms with van der Waals surface area (Å²) in [4.78, 5) is 24.7. The first-order valence-corrected chi connectivity index (χ1v) is 9.37. The summed E-state index contributed by atoms with van der Waals surface area (Å²) in [5.74, 6) is 0.346. The highest BCUT2D eigenvalue weighted by atomic mass is 16.2. The summed E-state index contributed by atoms with van der Waals surface area (Å²) < 4.78 is 1.83. The number of nitrogens with zero attached hydrogens (tertiary/aromatic N) is 2. The third kappa shape index (κ3) is 4.28. The third-order valence-electron chi connectivity index (χ3n) is 4.93. The molecule has 0 aliphatic heterocycles. The fraction of sp³-hybridized carbons (Fsp3) is 0.227. The second kappa shape index (κ2) is 7.68. The fourth-order valence-electron chi connectivity index (χ4n) is 3.19. The minimum atomic E-state index is -0.216. The summed E-state index contributed by atoms with van der Waals surface area (Å²) in [5.41, 5.74) is 2.90. The van der Waals surface area contributed by atoms with Gasteiger partial charge in [0.1, 0.15) is 0 Å². The Labute approximate surface area is 163 Å². The lowest BCUT2D eigenvalue weighted by Crippen LogP contribution is -2.16. The molecular weight excluding hydrogens is 352 g/mol. The summed E-state index contributed by atoms with van der Waals surface area (Å²) in [6.07, 6.45) is 4.57. The van der Waals surface area contributed by atoms with E-state index in [2.05, 4.69) is 22.7 Å². The zero-order chi connectivity index (χ0) is 19.5. The van der Waals surface area contributed by atoms with Gasteiger partial charge in [0, 0.05) is 35.2 Å². The van der Waals surface area contributed by atoms with Gasteiger partial charge in [0.15, 0.2) is 0 Å². The highest BCUT2D eigenvalue weighted by Crippen LogP contribution is 2.38. The maximum absolute atomic E-state index is 12.6. The molecule has 6 heteroatoms. The molecule has 2 N–H and O–H groups in total. The van der Waals surface area contributed by atoms with Gasteiger partial charge in [-0.05, 0) is 54.3 Å². The second-order valence-electron chi connectivity index (χ2n) is 7.25. The molecule has 0 spiro atoms. The normalized spacial score (nSPS) is 17.8. The molecule has 1 saturated carbocycles. The van der Waals surface area contributed by atoms with E-state index in [0.29, 0.717) is 23.7 Å². The van der Waals surface area contributed by atoms with Gasteiger partial charge in [-0.25, -0.2) is 0 Å². The number of amides is 2. The van der Waals surface area contributed by atoms with Crippen molar-refractivity contribution in [2.75, 3.05) is 10.6 Å². The van der Waals surface area contributed by atoms with Crippen LogP contribution in [0.1, 0.15) is 29.3 Å². The number of aromatic nitrogens is 2. The molecular formula is C22H22N4O2. The van der Waals surface area contributed by atoms with E-state index >= 15 is 0 Å². The second-order valence-corrected chi connectivity index (χ2v) is 7.25. The van der Waals surface area contributed by atoms with Crippen molar-refractivity contribution in [3.05, 3.63) is 78.1 Å². The van der Waals surface area contributed by atoms with Gasteiger partial charge in [0.25, 0.3) is 5.91 Å². The molecule has 1 aliphatic rings. The Morgan fingerprint density at radius 3 is 2.54 bits per heavy atom. The first kappa shape index (κ1) is 18.0. The van der Waals surface area contributed by atoms with Crippen LogP contribution >= 0.6 is 0 Å². The fourth-order valence-corrected chi connectivity index (χ4v) is 3.19. The molecule has 1 aromatic heterocycles. The number of hydrogen-bond acceptors (Lipinski definition) is 3. The Kier molecular flexibility index (Phi) is 4.93. The van der Waals surface area contributed by atoms with Crippen molar-refractivity contribution in [2.24, 2.45) is 11.8 Å². The minimum absolute atomic E-state index is 0.0244. The largest absolute Gasteiger partial charge is 0.326 e. The van der Waals surface area contributed by atoms with Gasteiger partial charge >= 0.3 is 0 Å². The molecule has 2 aromatic carbocycles. The van der Waals surface area contributed by atoms with Crippen LogP contribution in [0, 0.1) is 11.8 Å². The van der Waals surface area contributed by atoms with Crippen molar-refractivity contribution in [1.29, 1.82) is 0 Å². The summed E-state index contributed by atoms with van der Waals surface area (Å²) in [5, 5.41) is 10.0. The molecule has 0 bridgehead atoms. The van der Waals surface area contributed by atoms with Crippen LogP contribution in [0.5, 0.6) is 0 Å². The van der Waals surface area contributed by atoms with Crippen LogP contribution < -0.4 is 10.6 Å². The summed E-state index contributed by atoms with van der Waals surface area (Å²) >= 11 is 0. The molecule has 0 saturated heterocycles. The van der Waals surface area contributed by atoms with E-state index in [1.54, 1.807) is 30.5 Å². The van der Waals surface area contributed by atoms with Crippen LogP contribution in [0.25, 0.3) is 0 Å². The van der Waals surface area contributed by atoms with E-state index in [9.17, 15) is 9.59 Å². The molecule has 3 aromatic rings. The molecule has 2 atom stereocenters. The van der Waals surface area contributed by atoms with Crippen LogP contribution in [-0.2, 0) is 11.3 Å². The highest BCUT2D eigenvalue weighted by Gasteiger charge is 2.39. The number of rotatable bonds is 6. The Morgan fingerprint density at radius 2 is 1.82 bits per heavy atom. The quantitative estimate of drug-likeness (QED) is 0.689. The summed E-state index contributed by atoms with van der Waals surface area (Å²) in [6.45, 7) is 2.70. The molecule has 4 rings (SSSR count). The van der Waals surface area contributed by atoms with Gasteiger partial charge < -0.3 is 10.6 Å². The monoisotopic (exact) mass is 374 g/mol. The Bertz CT molecular complexity index is 997. The van der Waals surface area contributed by atoms with Crippen molar-refractivity contribution in [2.45, 2.75) is 19.9 Å². The highest BCUT2D eigenvalue weighted by molar-refractivity contribution is 6.05. The number of nitrogens with one attached hydrogen (secondary N) is 2. The number of carbonyl (C=O) groups is 2. The van der Waals surface area contributed by atoms with Crippen molar-refractivity contribution < 1.29 is 9.59 Å². The maximum Gasteiger partial charge on any atom is 0.255 e. The number of benzene rings is 2. The van der Waals surface area contributed by atoms with Gasteiger partial charge in [-0.2, -0.15) is 5.10 Å². The molecule has 2 amide bonds. The summed E-state index contributed by atoms with van der Waals surface area (Å²) in [7, 11) is 0. The van der Waals surface area contributed by atoms with Gasteiger partial charge in [-0.3, -0.25) is 14.3 Å². The van der Waals surface area contributed by atoms with Gasteiger partial charge in [-0.15, -0.1) is 0 Å². The van der Waals surface area contributed by atoms with Crippen molar-refractivity contribution >= 4 is 23.2 Å². The smallest absolute Gasteiger partial charge is 0.255 e. The van der Waals surface area contributed by atoms with Gasteiger partial charge in [0.05, 0.1) is 6.54 Å².